The van der Waals surface area contributed by atoms with Crippen LogP contribution in [0.25, 0.3) is 0 Å². The van der Waals surface area contributed by atoms with Crippen LogP contribution in [0, 0.1) is 5.92 Å². The first-order chi connectivity index (χ1) is 7.95. The predicted octanol–water partition coefficient (Wildman–Crippen LogP) is 0.392. The molecule has 0 rings (SSSR count). The van der Waals surface area contributed by atoms with Crippen LogP contribution in [-0.2, 0) is 9.59 Å². The van der Waals surface area contributed by atoms with E-state index < -0.39 is 0 Å². The van der Waals surface area contributed by atoms with Crippen molar-refractivity contribution in [3.63, 3.8) is 0 Å². The molecule has 100 valence electrons. The van der Waals surface area contributed by atoms with Gasteiger partial charge in [-0.15, -0.1) is 0 Å². The number of hydrogen-bond acceptors (Lipinski definition) is 3. The third kappa shape index (κ3) is 9.81. The van der Waals surface area contributed by atoms with Crippen molar-refractivity contribution in [3.05, 3.63) is 0 Å². The highest BCUT2D eigenvalue weighted by molar-refractivity contribution is 5.79. The Bertz CT molecular complexity index is 242. The van der Waals surface area contributed by atoms with Gasteiger partial charge in [-0.25, -0.2) is 0 Å². The molecular formula is C12H25N3O2. The molecule has 0 aromatic heterocycles. The summed E-state index contributed by atoms with van der Waals surface area (Å²) in [5.41, 5.74) is 5.46. The lowest BCUT2D eigenvalue weighted by atomic mass is 10.1. The van der Waals surface area contributed by atoms with Crippen LogP contribution >= 0.6 is 0 Å². The molecule has 0 aliphatic rings. The molecule has 0 aromatic carbocycles. The number of nitrogens with one attached hydrogen (secondary N) is 2. The summed E-state index contributed by atoms with van der Waals surface area (Å²) in [6, 6.07) is 0.142. The number of carbonyl (C=O) groups excluding carboxylic acids is 2. The minimum atomic E-state index is -0.0318. The van der Waals surface area contributed by atoms with E-state index in [2.05, 4.69) is 10.6 Å². The van der Waals surface area contributed by atoms with Crippen molar-refractivity contribution >= 4 is 11.8 Å². The summed E-state index contributed by atoms with van der Waals surface area (Å²) in [7, 11) is 0. The third-order valence-corrected chi connectivity index (χ3v) is 2.39. The fourth-order valence-corrected chi connectivity index (χ4v) is 1.29. The molecule has 1 unspecified atom stereocenters. The first kappa shape index (κ1) is 15.9. The molecule has 17 heavy (non-hydrogen) atoms. The zero-order valence-electron chi connectivity index (χ0n) is 11.1. The largest absolute Gasteiger partial charge is 0.356 e. The van der Waals surface area contributed by atoms with Gasteiger partial charge in [-0.05, 0) is 32.7 Å². The van der Waals surface area contributed by atoms with Gasteiger partial charge in [0.1, 0.15) is 0 Å². The minimum Gasteiger partial charge on any atom is -0.356 e. The average molecular weight is 243 g/mol. The SMILES string of the molecule is CC(CN)CCC(=O)NCCC(=O)NC(C)C. The highest BCUT2D eigenvalue weighted by atomic mass is 16.2. The van der Waals surface area contributed by atoms with Crippen LogP contribution in [0.4, 0.5) is 0 Å². The molecule has 0 aliphatic heterocycles. The van der Waals surface area contributed by atoms with Gasteiger partial charge < -0.3 is 16.4 Å². The topological polar surface area (TPSA) is 84.2 Å². The highest BCUT2D eigenvalue weighted by Gasteiger charge is 2.07. The minimum absolute atomic E-state index is 0.0114. The smallest absolute Gasteiger partial charge is 0.221 e. The van der Waals surface area contributed by atoms with Gasteiger partial charge in [-0.1, -0.05) is 6.92 Å². The Hall–Kier alpha value is -1.10. The molecule has 0 bridgehead atoms. The van der Waals surface area contributed by atoms with Crippen molar-refractivity contribution in [2.75, 3.05) is 13.1 Å². The molecular weight excluding hydrogens is 218 g/mol. The predicted molar refractivity (Wildman–Crippen MR) is 68.4 cm³/mol. The summed E-state index contributed by atoms with van der Waals surface area (Å²) in [5.74, 6) is 0.322. The molecule has 0 fully saturated rings. The van der Waals surface area contributed by atoms with Gasteiger partial charge in [-0.3, -0.25) is 9.59 Å². The molecule has 1 atom stereocenters. The fraction of sp³-hybridized carbons (Fsp3) is 0.833. The zero-order chi connectivity index (χ0) is 13.3. The Balaban J connectivity index is 3.54. The molecule has 0 spiro atoms. The van der Waals surface area contributed by atoms with Gasteiger partial charge >= 0.3 is 0 Å². The molecule has 2 amide bonds. The average Bonchev–Trinajstić information content (AvgIpc) is 2.24. The van der Waals surface area contributed by atoms with Crippen molar-refractivity contribution < 1.29 is 9.59 Å². The maximum absolute atomic E-state index is 11.4. The van der Waals surface area contributed by atoms with Crippen molar-refractivity contribution in [3.8, 4) is 0 Å². The number of hydrogen-bond donors (Lipinski definition) is 3. The van der Waals surface area contributed by atoms with Crippen LogP contribution < -0.4 is 16.4 Å². The monoisotopic (exact) mass is 243 g/mol. The Labute approximate surface area is 104 Å². The van der Waals surface area contributed by atoms with Gasteiger partial charge in [0.2, 0.25) is 11.8 Å². The normalized spacial score (nSPS) is 12.3. The van der Waals surface area contributed by atoms with Gasteiger partial charge in [-0.2, -0.15) is 0 Å². The quantitative estimate of drug-likeness (QED) is 0.576. The zero-order valence-corrected chi connectivity index (χ0v) is 11.1. The molecule has 0 saturated heterocycles. The van der Waals surface area contributed by atoms with E-state index >= 15 is 0 Å². The van der Waals surface area contributed by atoms with Crippen LogP contribution in [0.1, 0.15) is 40.0 Å². The summed E-state index contributed by atoms with van der Waals surface area (Å²) in [6.45, 7) is 6.83. The number of amides is 2. The molecule has 0 aliphatic carbocycles. The van der Waals surface area contributed by atoms with Crippen LogP contribution in [0.5, 0.6) is 0 Å². The highest BCUT2D eigenvalue weighted by Crippen LogP contribution is 2.02. The first-order valence-corrected chi connectivity index (χ1v) is 6.21. The molecule has 0 heterocycles. The molecule has 4 N–H and O–H groups in total. The lowest BCUT2D eigenvalue weighted by molar-refractivity contribution is -0.122. The van der Waals surface area contributed by atoms with E-state index in [0.717, 1.165) is 6.42 Å². The van der Waals surface area contributed by atoms with Crippen molar-refractivity contribution in [2.24, 2.45) is 11.7 Å². The van der Waals surface area contributed by atoms with Gasteiger partial charge in [0.15, 0.2) is 0 Å². The number of nitrogens with two attached hydrogens (primary N) is 1. The van der Waals surface area contributed by atoms with E-state index in [1.165, 1.54) is 0 Å². The molecule has 5 nitrogen and oxygen atoms in total. The van der Waals surface area contributed by atoms with E-state index in [-0.39, 0.29) is 17.9 Å². The summed E-state index contributed by atoms with van der Waals surface area (Å²) >= 11 is 0. The van der Waals surface area contributed by atoms with Crippen LogP contribution in [-0.4, -0.2) is 30.9 Å². The molecule has 0 radical (unpaired) electrons. The summed E-state index contributed by atoms with van der Waals surface area (Å²) in [5, 5.41) is 5.49. The molecule has 5 heteroatoms. The third-order valence-electron chi connectivity index (χ3n) is 2.39. The Kier molecular flexibility index (Phi) is 8.40. The van der Waals surface area contributed by atoms with E-state index in [1.807, 2.05) is 20.8 Å². The van der Waals surface area contributed by atoms with Gasteiger partial charge in [0.05, 0.1) is 0 Å². The van der Waals surface area contributed by atoms with E-state index in [9.17, 15) is 9.59 Å². The van der Waals surface area contributed by atoms with Crippen LogP contribution in [0.15, 0.2) is 0 Å². The standard InChI is InChI=1S/C12H25N3O2/c1-9(2)15-12(17)6-7-14-11(16)5-4-10(3)8-13/h9-10H,4-8,13H2,1-3H3,(H,14,16)(H,15,17). The molecule has 0 saturated carbocycles. The lowest BCUT2D eigenvalue weighted by Gasteiger charge is -2.10. The van der Waals surface area contributed by atoms with Gasteiger partial charge in [0.25, 0.3) is 0 Å². The van der Waals surface area contributed by atoms with Crippen LogP contribution in [0.2, 0.25) is 0 Å². The fourth-order valence-electron chi connectivity index (χ4n) is 1.29. The summed E-state index contributed by atoms with van der Waals surface area (Å²) in [6.07, 6.45) is 1.60. The van der Waals surface area contributed by atoms with Gasteiger partial charge in [0, 0.05) is 25.4 Å². The maximum atomic E-state index is 11.4. The summed E-state index contributed by atoms with van der Waals surface area (Å²) < 4.78 is 0. The Morgan fingerprint density at radius 1 is 1.12 bits per heavy atom. The lowest BCUT2D eigenvalue weighted by Crippen LogP contribution is -2.34. The second-order valence-electron chi connectivity index (χ2n) is 4.70. The van der Waals surface area contributed by atoms with E-state index in [0.29, 0.717) is 31.8 Å². The second-order valence-corrected chi connectivity index (χ2v) is 4.70. The second kappa shape index (κ2) is 8.98. The van der Waals surface area contributed by atoms with Crippen molar-refractivity contribution in [2.45, 2.75) is 46.1 Å². The van der Waals surface area contributed by atoms with Crippen molar-refractivity contribution in [1.82, 2.24) is 10.6 Å². The Morgan fingerprint density at radius 3 is 2.29 bits per heavy atom. The van der Waals surface area contributed by atoms with E-state index in [1.54, 1.807) is 0 Å². The van der Waals surface area contributed by atoms with Crippen molar-refractivity contribution in [1.29, 1.82) is 0 Å². The Morgan fingerprint density at radius 2 is 1.76 bits per heavy atom. The molecule has 0 aromatic rings. The van der Waals surface area contributed by atoms with Crippen LogP contribution in [0.3, 0.4) is 0 Å². The number of carbonyl (C=O) groups is 2. The first-order valence-electron chi connectivity index (χ1n) is 6.21. The summed E-state index contributed by atoms with van der Waals surface area (Å²) in [4.78, 5) is 22.7. The number of rotatable bonds is 8. The maximum Gasteiger partial charge on any atom is 0.221 e. The van der Waals surface area contributed by atoms with E-state index in [4.69, 9.17) is 5.73 Å².